The first-order valence-electron chi connectivity index (χ1n) is 9.27. The van der Waals surface area contributed by atoms with Gasteiger partial charge in [0, 0.05) is 24.7 Å². The van der Waals surface area contributed by atoms with E-state index in [1.807, 2.05) is 7.05 Å². The molecule has 1 atom stereocenters. The van der Waals surface area contributed by atoms with E-state index in [2.05, 4.69) is 5.32 Å². The maximum absolute atomic E-state index is 13.8. The molecule has 8 heteroatoms. The van der Waals surface area contributed by atoms with E-state index < -0.39 is 5.82 Å². The van der Waals surface area contributed by atoms with Gasteiger partial charge in [0.05, 0.1) is 20.8 Å². The molecule has 0 aliphatic carbocycles. The summed E-state index contributed by atoms with van der Waals surface area (Å²) < 4.78 is 23.7. The lowest BCUT2D eigenvalue weighted by atomic mass is 10.1. The van der Waals surface area contributed by atoms with E-state index in [0.717, 1.165) is 10.5 Å². The molecule has 0 spiro atoms. The first-order chi connectivity index (χ1) is 12.9. The zero-order valence-corrected chi connectivity index (χ0v) is 16.2. The molecule has 1 aromatic rings. The molecule has 1 aliphatic heterocycles. The van der Waals surface area contributed by atoms with Gasteiger partial charge in [0.1, 0.15) is 6.54 Å². The highest BCUT2D eigenvalue weighted by Gasteiger charge is 2.25. The van der Waals surface area contributed by atoms with Crippen LogP contribution in [0.3, 0.4) is 0 Å². The Morgan fingerprint density at radius 2 is 2.04 bits per heavy atom. The smallest absolute Gasteiger partial charge is 0.409 e. The van der Waals surface area contributed by atoms with Crippen LogP contribution in [0.25, 0.3) is 0 Å². The molecule has 1 unspecified atom stereocenters. The van der Waals surface area contributed by atoms with Gasteiger partial charge < -0.3 is 24.6 Å². The molecule has 1 aliphatic rings. The fourth-order valence-corrected chi connectivity index (χ4v) is 3.20. The van der Waals surface area contributed by atoms with Crippen LogP contribution in [0.1, 0.15) is 25.3 Å². The number of hydrogen-bond acceptors (Lipinski definition) is 4. The Hall–Kier alpha value is -2.35. The third-order valence-electron chi connectivity index (χ3n) is 4.57. The van der Waals surface area contributed by atoms with Gasteiger partial charge in [-0.15, -0.1) is 0 Å². The van der Waals surface area contributed by atoms with Gasteiger partial charge in [-0.25, -0.2) is 9.18 Å². The number of piperidine rings is 1. The summed E-state index contributed by atoms with van der Waals surface area (Å²) in [6.07, 6.45) is 1.14. The van der Waals surface area contributed by atoms with Gasteiger partial charge in [-0.2, -0.15) is 0 Å². The monoisotopic (exact) mass is 382 g/mol. The van der Waals surface area contributed by atoms with Crippen LogP contribution < -0.4 is 15.0 Å². The van der Waals surface area contributed by atoms with Crippen molar-refractivity contribution in [1.82, 2.24) is 10.2 Å². The average molecular weight is 382 g/mol. The topological polar surface area (TPSA) is 72.3 Å². The Bertz CT molecular complexity index is 648. The number of carbonyl (C=O) groups excluding carboxylic acids is 2. The van der Waals surface area contributed by atoms with Crippen molar-refractivity contribution in [1.29, 1.82) is 0 Å². The van der Waals surface area contributed by atoms with E-state index in [-0.39, 0.29) is 23.8 Å². The van der Waals surface area contributed by atoms with Crippen LogP contribution >= 0.6 is 0 Å². The van der Waals surface area contributed by atoms with Gasteiger partial charge in [0.2, 0.25) is 0 Å². The van der Waals surface area contributed by atoms with Crippen molar-refractivity contribution in [2.24, 2.45) is 0 Å². The molecule has 1 heterocycles. The highest BCUT2D eigenvalue weighted by atomic mass is 19.1. The van der Waals surface area contributed by atoms with Crippen LogP contribution in [0, 0.1) is 5.82 Å². The number of methoxy groups -OCH3 is 1. The molecule has 2 rings (SSSR count). The number of amides is 2. The molecule has 0 saturated carbocycles. The maximum Gasteiger partial charge on any atom is 0.409 e. The third-order valence-corrected chi connectivity index (χ3v) is 4.57. The number of likely N-dealkylation sites (tertiary alicyclic amines) is 1. The second-order valence-corrected chi connectivity index (χ2v) is 6.81. The zero-order chi connectivity index (χ0) is 19.8. The second kappa shape index (κ2) is 10.1. The number of carbonyl (C=O) groups is 2. The van der Waals surface area contributed by atoms with Crippen LogP contribution in [0.4, 0.5) is 9.18 Å². The largest absolute Gasteiger partial charge is 0.494 e. The number of benzene rings is 1. The van der Waals surface area contributed by atoms with E-state index in [9.17, 15) is 14.0 Å². The van der Waals surface area contributed by atoms with Crippen LogP contribution in [-0.2, 0) is 16.1 Å². The van der Waals surface area contributed by atoms with E-state index >= 15 is 0 Å². The highest BCUT2D eigenvalue weighted by Crippen LogP contribution is 2.17. The first kappa shape index (κ1) is 21.0. The average Bonchev–Trinajstić information content (AvgIpc) is 2.62. The number of ether oxygens (including phenoxy) is 2. The quantitative estimate of drug-likeness (QED) is 0.724. The van der Waals surface area contributed by atoms with E-state index in [4.69, 9.17) is 9.47 Å². The lowest BCUT2D eigenvalue weighted by molar-refractivity contribution is -0.885. The Labute approximate surface area is 159 Å². The number of rotatable bonds is 7. The Kier molecular flexibility index (Phi) is 7.84. The molecule has 0 bridgehead atoms. The summed E-state index contributed by atoms with van der Waals surface area (Å²) in [6, 6.07) is 4.89. The second-order valence-electron chi connectivity index (χ2n) is 6.81. The van der Waals surface area contributed by atoms with Crippen molar-refractivity contribution in [3.8, 4) is 5.75 Å². The van der Waals surface area contributed by atoms with Gasteiger partial charge in [-0.05, 0) is 38.0 Å². The van der Waals surface area contributed by atoms with Crippen LogP contribution in [0.5, 0.6) is 5.75 Å². The van der Waals surface area contributed by atoms with E-state index in [1.165, 1.54) is 13.2 Å². The minimum absolute atomic E-state index is 0.0453. The summed E-state index contributed by atoms with van der Waals surface area (Å²) in [7, 11) is 3.32. The van der Waals surface area contributed by atoms with Crippen LogP contribution in [0.2, 0.25) is 0 Å². The third kappa shape index (κ3) is 6.39. The fraction of sp³-hybridized carbons (Fsp3) is 0.579. The van der Waals surface area contributed by atoms with Crippen molar-refractivity contribution in [3.05, 3.63) is 29.6 Å². The number of halogens is 1. The highest BCUT2D eigenvalue weighted by molar-refractivity contribution is 5.77. The number of nitrogens with one attached hydrogen (secondary N) is 2. The zero-order valence-electron chi connectivity index (χ0n) is 16.2. The molecule has 2 N–H and O–H groups in total. The van der Waals surface area contributed by atoms with Gasteiger partial charge >= 0.3 is 6.09 Å². The molecule has 7 nitrogen and oxygen atoms in total. The number of quaternary nitrogens is 1. The molecule has 1 saturated heterocycles. The summed E-state index contributed by atoms with van der Waals surface area (Å²) in [4.78, 5) is 26.6. The summed E-state index contributed by atoms with van der Waals surface area (Å²) in [6.45, 7) is 4.14. The predicted molar refractivity (Wildman–Crippen MR) is 98.2 cm³/mol. The van der Waals surface area contributed by atoms with Gasteiger partial charge in [0.15, 0.2) is 18.1 Å². The van der Waals surface area contributed by atoms with Crippen LogP contribution in [0.15, 0.2) is 18.2 Å². The van der Waals surface area contributed by atoms with Crippen molar-refractivity contribution in [2.75, 3.05) is 40.4 Å². The van der Waals surface area contributed by atoms with Crippen LogP contribution in [-0.4, -0.2) is 63.3 Å². The number of hydrogen-bond donors (Lipinski definition) is 2. The summed E-state index contributed by atoms with van der Waals surface area (Å²) in [5.74, 6) is -0.236. The lowest BCUT2D eigenvalue weighted by Gasteiger charge is -2.31. The fourth-order valence-electron chi connectivity index (χ4n) is 3.20. The molecule has 0 radical (unpaired) electrons. The molecular formula is C19H29FN3O4+. The summed E-state index contributed by atoms with van der Waals surface area (Å²) in [5, 5.41) is 3.02. The molecule has 2 amide bonds. The number of likely N-dealkylation sites (N-methyl/N-ethyl adjacent to an activating group) is 1. The van der Waals surface area contributed by atoms with E-state index in [0.29, 0.717) is 45.6 Å². The van der Waals surface area contributed by atoms with Gasteiger partial charge in [-0.1, -0.05) is 0 Å². The van der Waals surface area contributed by atoms with Crippen molar-refractivity contribution in [3.63, 3.8) is 0 Å². The molecule has 1 aromatic carbocycles. The minimum Gasteiger partial charge on any atom is -0.494 e. The van der Waals surface area contributed by atoms with Crippen molar-refractivity contribution < 1.29 is 28.4 Å². The summed E-state index contributed by atoms with van der Waals surface area (Å²) >= 11 is 0. The van der Waals surface area contributed by atoms with Crippen molar-refractivity contribution in [2.45, 2.75) is 32.4 Å². The molecule has 0 aromatic heterocycles. The van der Waals surface area contributed by atoms with Gasteiger partial charge in [-0.3, -0.25) is 4.79 Å². The Morgan fingerprint density at radius 1 is 1.33 bits per heavy atom. The molecule has 1 fully saturated rings. The number of nitrogens with zero attached hydrogens (tertiary/aromatic N) is 1. The summed E-state index contributed by atoms with van der Waals surface area (Å²) in [5.41, 5.74) is 0.807. The minimum atomic E-state index is -0.402. The predicted octanol–water partition coefficient (Wildman–Crippen LogP) is 0.586. The lowest BCUT2D eigenvalue weighted by Crippen LogP contribution is -3.09. The molecular weight excluding hydrogens is 353 g/mol. The molecule has 150 valence electrons. The Balaban J connectivity index is 1.74. The Morgan fingerprint density at radius 3 is 2.63 bits per heavy atom. The molecule has 27 heavy (non-hydrogen) atoms. The SMILES string of the molecule is CCOC(=O)N1CCC(NC(=O)C[NH+](C)Cc2ccc(OC)c(F)c2)CC1. The standard InChI is InChI=1S/C19H28FN3O4/c1-4-27-19(25)23-9-7-15(8-10-23)21-18(24)13-22(2)12-14-5-6-17(26-3)16(20)11-14/h5-6,11,15H,4,7-10,12-13H2,1-3H3,(H,21,24)/p+1. The van der Waals surface area contributed by atoms with E-state index in [1.54, 1.807) is 24.0 Å². The maximum atomic E-state index is 13.8. The van der Waals surface area contributed by atoms with Gasteiger partial charge in [0.25, 0.3) is 5.91 Å². The normalized spacial score (nSPS) is 15.9. The van der Waals surface area contributed by atoms with Crippen molar-refractivity contribution >= 4 is 12.0 Å². The first-order valence-corrected chi connectivity index (χ1v) is 9.27.